The van der Waals surface area contributed by atoms with Crippen LogP contribution in [0.15, 0.2) is 59.8 Å². The minimum absolute atomic E-state index is 0. The average Bonchev–Trinajstić information content (AvgIpc) is 3.18. The number of halogens is 1. The maximum Gasteiger partial charge on any atom is 0.240 e. The van der Waals surface area contributed by atoms with Crippen LogP contribution < -0.4 is 19.5 Å². The number of rotatable bonds is 8. The Kier molecular flexibility index (Phi) is 7.14. The molecular weight excluding hydrogens is 426 g/mol. The second kappa shape index (κ2) is 9.61. The van der Waals surface area contributed by atoms with E-state index in [0.29, 0.717) is 6.54 Å². The van der Waals surface area contributed by atoms with Gasteiger partial charge in [0.05, 0.1) is 4.90 Å². The number of benzene rings is 2. The van der Waals surface area contributed by atoms with Gasteiger partial charge in [-0.2, -0.15) is 0 Å². The van der Waals surface area contributed by atoms with E-state index >= 15 is 0 Å². The van der Waals surface area contributed by atoms with Crippen LogP contribution in [0, 0.1) is 0 Å². The SMILES string of the molecule is C[C@H](CNCCc1ccc2c(c1)OCO2)NS(=O)(=O)c1ccc2cnccc2c1.Cl. The van der Waals surface area contributed by atoms with Crippen LogP contribution >= 0.6 is 12.4 Å². The van der Waals surface area contributed by atoms with Crippen molar-refractivity contribution in [3.8, 4) is 11.5 Å². The van der Waals surface area contributed by atoms with Crippen LogP contribution in [0.2, 0.25) is 0 Å². The fraction of sp³-hybridized carbons (Fsp3) is 0.286. The Labute approximate surface area is 182 Å². The molecule has 1 aliphatic rings. The number of ether oxygens (including phenoxy) is 2. The number of aromatic nitrogens is 1. The van der Waals surface area contributed by atoms with Crippen molar-refractivity contribution in [1.29, 1.82) is 0 Å². The molecule has 0 saturated carbocycles. The molecule has 0 bridgehead atoms. The Bertz CT molecular complexity index is 1120. The molecule has 3 aromatic rings. The summed E-state index contributed by atoms with van der Waals surface area (Å²) in [4.78, 5) is 4.30. The van der Waals surface area contributed by atoms with E-state index in [1.807, 2.05) is 25.1 Å². The molecule has 1 aliphatic heterocycles. The summed E-state index contributed by atoms with van der Waals surface area (Å²) >= 11 is 0. The van der Waals surface area contributed by atoms with Crippen molar-refractivity contribution in [1.82, 2.24) is 15.0 Å². The first-order chi connectivity index (χ1) is 14.0. The largest absolute Gasteiger partial charge is 0.454 e. The van der Waals surface area contributed by atoms with Gasteiger partial charge < -0.3 is 14.8 Å². The molecule has 2 aromatic carbocycles. The summed E-state index contributed by atoms with van der Waals surface area (Å²) in [6, 6.07) is 12.5. The topological polar surface area (TPSA) is 89.5 Å². The number of fused-ring (bicyclic) bond motifs is 2. The maximum absolute atomic E-state index is 12.7. The normalized spacial score (nSPS) is 13.8. The molecule has 1 atom stereocenters. The molecule has 9 heteroatoms. The smallest absolute Gasteiger partial charge is 0.240 e. The summed E-state index contributed by atoms with van der Waals surface area (Å²) in [5.41, 5.74) is 1.14. The second-order valence-corrected chi connectivity index (χ2v) is 8.76. The van der Waals surface area contributed by atoms with Crippen molar-refractivity contribution in [2.45, 2.75) is 24.3 Å². The van der Waals surface area contributed by atoms with E-state index in [4.69, 9.17) is 9.47 Å². The highest BCUT2D eigenvalue weighted by Gasteiger charge is 2.18. The van der Waals surface area contributed by atoms with E-state index in [-0.39, 0.29) is 30.1 Å². The molecule has 0 saturated heterocycles. The van der Waals surface area contributed by atoms with Gasteiger partial charge in [-0.1, -0.05) is 12.1 Å². The summed E-state index contributed by atoms with van der Waals surface area (Å²) in [6.07, 6.45) is 4.18. The Morgan fingerprint density at radius 2 is 1.90 bits per heavy atom. The number of nitrogens with zero attached hydrogens (tertiary/aromatic N) is 1. The van der Waals surface area contributed by atoms with Gasteiger partial charge in [0.1, 0.15) is 0 Å². The highest BCUT2D eigenvalue weighted by atomic mass is 35.5. The van der Waals surface area contributed by atoms with E-state index in [0.717, 1.165) is 40.8 Å². The number of hydrogen-bond donors (Lipinski definition) is 2. The van der Waals surface area contributed by atoms with Crippen molar-refractivity contribution in [2.24, 2.45) is 0 Å². The zero-order valence-electron chi connectivity index (χ0n) is 16.5. The highest BCUT2D eigenvalue weighted by molar-refractivity contribution is 7.89. The van der Waals surface area contributed by atoms with Crippen molar-refractivity contribution >= 4 is 33.2 Å². The van der Waals surface area contributed by atoms with Crippen LogP contribution in [-0.4, -0.2) is 39.3 Å². The molecule has 0 spiro atoms. The Balaban J connectivity index is 0.00000256. The van der Waals surface area contributed by atoms with Gasteiger partial charge in [0, 0.05) is 30.4 Å². The van der Waals surface area contributed by atoms with E-state index < -0.39 is 10.0 Å². The van der Waals surface area contributed by atoms with Gasteiger partial charge in [0.25, 0.3) is 0 Å². The van der Waals surface area contributed by atoms with Crippen molar-refractivity contribution in [2.75, 3.05) is 19.9 Å². The molecule has 4 rings (SSSR count). The van der Waals surface area contributed by atoms with Crippen LogP contribution in [-0.2, 0) is 16.4 Å². The molecule has 0 fully saturated rings. The maximum atomic E-state index is 12.7. The molecule has 0 radical (unpaired) electrons. The molecule has 0 unspecified atom stereocenters. The fourth-order valence-electron chi connectivity index (χ4n) is 3.25. The van der Waals surface area contributed by atoms with Crippen molar-refractivity contribution < 1.29 is 17.9 Å². The summed E-state index contributed by atoms with van der Waals surface area (Å²) in [5.74, 6) is 1.55. The van der Waals surface area contributed by atoms with Crippen LogP contribution in [0.3, 0.4) is 0 Å². The first kappa shape index (κ1) is 22.3. The quantitative estimate of drug-likeness (QED) is 0.514. The number of pyridine rings is 1. The van der Waals surface area contributed by atoms with Crippen molar-refractivity contribution in [3.05, 3.63) is 60.4 Å². The zero-order chi connectivity index (χ0) is 20.3. The van der Waals surface area contributed by atoms with Gasteiger partial charge in [-0.15, -0.1) is 12.4 Å². The van der Waals surface area contributed by atoms with E-state index in [2.05, 4.69) is 15.0 Å². The minimum atomic E-state index is -3.59. The predicted octanol–water partition coefficient (Wildman–Crippen LogP) is 2.88. The number of hydrogen-bond acceptors (Lipinski definition) is 6. The third kappa shape index (κ3) is 5.20. The molecule has 30 heavy (non-hydrogen) atoms. The monoisotopic (exact) mass is 449 g/mol. The first-order valence-corrected chi connectivity index (χ1v) is 10.9. The van der Waals surface area contributed by atoms with Crippen LogP contribution in [0.1, 0.15) is 12.5 Å². The summed E-state index contributed by atoms with van der Waals surface area (Å²) in [6.45, 7) is 3.37. The van der Waals surface area contributed by atoms with Gasteiger partial charge in [-0.3, -0.25) is 4.98 Å². The van der Waals surface area contributed by atoms with Crippen LogP contribution in [0.4, 0.5) is 0 Å². The van der Waals surface area contributed by atoms with E-state index in [1.54, 1.807) is 36.7 Å². The van der Waals surface area contributed by atoms with Crippen LogP contribution in [0.25, 0.3) is 10.8 Å². The van der Waals surface area contributed by atoms with Gasteiger partial charge >= 0.3 is 0 Å². The number of nitrogens with one attached hydrogen (secondary N) is 2. The summed E-state index contributed by atoms with van der Waals surface area (Å²) in [5, 5.41) is 5.05. The standard InChI is InChI=1S/C21H23N3O4S.ClH/c1-15(12-22-8-6-16-2-5-20-21(10-16)28-14-27-20)24-29(25,26)19-4-3-18-13-23-9-7-17(18)11-19;/h2-5,7,9-11,13,15,22,24H,6,8,12,14H2,1H3;1H/t15-;/m1./s1. The number of sulfonamides is 1. The average molecular weight is 450 g/mol. The van der Waals surface area contributed by atoms with E-state index in [9.17, 15) is 8.42 Å². The predicted molar refractivity (Wildman–Crippen MR) is 118 cm³/mol. The van der Waals surface area contributed by atoms with Crippen LogP contribution in [0.5, 0.6) is 11.5 Å². The molecule has 7 nitrogen and oxygen atoms in total. The minimum Gasteiger partial charge on any atom is -0.454 e. The fourth-order valence-corrected chi connectivity index (χ4v) is 4.53. The first-order valence-electron chi connectivity index (χ1n) is 9.47. The molecule has 160 valence electrons. The lowest BCUT2D eigenvalue weighted by atomic mass is 10.1. The van der Waals surface area contributed by atoms with Gasteiger partial charge in [0.2, 0.25) is 16.8 Å². The molecule has 2 heterocycles. The molecule has 2 N–H and O–H groups in total. The molecular formula is C21H24ClN3O4S. The second-order valence-electron chi connectivity index (χ2n) is 7.05. The van der Waals surface area contributed by atoms with Crippen molar-refractivity contribution in [3.63, 3.8) is 0 Å². The van der Waals surface area contributed by atoms with Gasteiger partial charge in [-0.25, -0.2) is 13.1 Å². The summed E-state index contributed by atoms with van der Waals surface area (Å²) < 4.78 is 38.8. The zero-order valence-corrected chi connectivity index (χ0v) is 18.1. The van der Waals surface area contributed by atoms with E-state index in [1.165, 1.54) is 0 Å². The van der Waals surface area contributed by atoms with Gasteiger partial charge in [-0.05, 0) is 61.2 Å². The summed E-state index contributed by atoms with van der Waals surface area (Å²) in [7, 11) is -3.59. The third-order valence-electron chi connectivity index (χ3n) is 4.76. The Morgan fingerprint density at radius 1 is 1.07 bits per heavy atom. The van der Waals surface area contributed by atoms with Gasteiger partial charge in [0.15, 0.2) is 11.5 Å². The molecule has 0 aliphatic carbocycles. The lowest BCUT2D eigenvalue weighted by molar-refractivity contribution is 0.174. The lowest BCUT2D eigenvalue weighted by Gasteiger charge is -2.15. The molecule has 0 amide bonds. The molecule has 1 aromatic heterocycles. The lowest BCUT2D eigenvalue weighted by Crippen LogP contribution is -2.40. The third-order valence-corrected chi connectivity index (χ3v) is 6.34. The Morgan fingerprint density at radius 3 is 2.77 bits per heavy atom. The highest BCUT2D eigenvalue weighted by Crippen LogP contribution is 2.32. The Hall–Kier alpha value is -2.39.